The Labute approximate surface area is 106 Å². The summed E-state index contributed by atoms with van der Waals surface area (Å²) in [5.41, 5.74) is 0. The maximum absolute atomic E-state index is 5.38. The average Bonchev–Trinajstić information content (AvgIpc) is 2.42. The van der Waals surface area contributed by atoms with Crippen molar-refractivity contribution in [3.8, 4) is 11.5 Å². The van der Waals surface area contributed by atoms with Crippen molar-refractivity contribution in [3.05, 3.63) is 36.4 Å². The van der Waals surface area contributed by atoms with E-state index in [-0.39, 0.29) is 13.6 Å². The van der Waals surface area contributed by atoms with E-state index in [0.29, 0.717) is 0 Å². The van der Waals surface area contributed by atoms with E-state index in [2.05, 4.69) is 0 Å². The molecule has 0 atom stereocenters. The van der Waals surface area contributed by atoms with Gasteiger partial charge in [-0.25, -0.2) is 0 Å². The molecule has 0 aliphatic carbocycles. The molecule has 0 bridgehead atoms. The van der Waals surface area contributed by atoms with Gasteiger partial charge < -0.3 is 18.9 Å². The number of rotatable bonds is 6. The molecule has 0 aliphatic rings. The van der Waals surface area contributed by atoms with Crippen molar-refractivity contribution in [3.63, 3.8) is 0 Å². The third kappa shape index (κ3) is 3.12. The predicted octanol–water partition coefficient (Wildman–Crippen LogP) is 2.81. The molecule has 4 nitrogen and oxygen atoms in total. The van der Waals surface area contributed by atoms with Crippen molar-refractivity contribution in [1.82, 2.24) is 0 Å². The summed E-state index contributed by atoms with van der Waals surface area (Å²) in [6.07, 6.45) is 0. The first-order valence-corrected chi connectivity index (χ1v) is 5.61. The first kappa shape index (κ1) is 12.7. The molecule has 0 aromatic heterocycles. The topological polar surface area (TPSA) is 36.9 Å². The third-order valence-electron chi connectivity index (χ3n) is 2.47. The number of fused-ring (bicyclic) bond motifs is 1. The van der Waals surface area contributed by atoms with Crippen molar-refractivity contribution in [1.29, 1.82) is 0 Å². The molecule has 0 aliphatic heterocycles. The quantitative estimate of drug-likeness (QED) is 0.737. The lowest BCUT2D eigenvalue weighted by Crippen LogP contribution is -1.99. The standard InChI is InChI=1S/C14H16O4/c1-15-9-17-13-5-3-12-8-14(18-10-16-2)6-4-11(12)7-13/h3-8H,9-10H2,1-2H3. The van der Waals surface area contributed by atoms with Crippen LogP contribution in [0.4, 0.5) is 0 Å². The van der Waals surface area contributed by atoms with Crippen LogP contribution in [0.5, 0.6) is 11.5 Å². The van der Waals surface area contributed by atoms with Crippen molar-refractivity contribution in [2.24, 2.45) is 0 Å². The Morgan fingerprint density at radius 2 is 1.17 bits per heavy atom. The van der Waals surface area contributed by atoms with E-state index < -0.39 is 0 Å². The lowest BCUT2D eigenvalue weighted by molar-refractivity contribution is 0.0508. The molecule has 18 heavy (non-hydrogen) atoms. The van der Waals surface area contributed by atoms with Gasteiger partial charge in [0, 0.05) is 14.2 Å². The zero-order valence-electron chi connectivity index (χ0n) is 10.5. The fraction of sp³-hybridized carbons (Fsp3) is 0.286. The highest BCUT2D eigenvalue weighted by Gasteiger charge is 2.00. The monoisotopic (exact) mass is 248 g/mol. The first-order valence-electron chi connectivity index (χ1n) is 5.61. The van der Waals surface area contributed by atoms with Crippen LogP contribution in [0.1, 0.15) is 0 Å². The van der Waals surface area contributed by atoms with E-state index in [4.69, 9.17) is 18.9 Å². The highest BCUT2D eigenvalue weighted by Crippen LogP contribution is 2.25. The molecule has 0 spiro atoms. The minimum Gasteiger partial charge on any atom is -0.468 e. The molecule has 0 fully saturated rings. The van der Waals surface area contributed by atoms with Gasteiger partial charge >= 0.3 is 0 Å². The second kappa shape index (κ2) is 6.23. The number of methoxy groups -OCH3 is 2. The molecular formula is C14H16O4. The average molecular weight is 248 g/mol. The van der Waals surface area contributed by atoms with Gasteiger partial charge in [0.05, 0.1) is 0 Å². The van der Waals surface area contributed by atoms with E-state index in [1.165, 1.54) is 0 Å². The van der Waals surface area contributed by atoms with Crippen molar-refractivity contribution in [2.45, 2.75) is 0 Å². The highest BCUT2D eigenvalue weighted by molar-refractivity contribution is 5.85. The van der Waals surface area contributed by atoms with Crippen LogP contribution in [-0.2, 0) is 9.47 Å². The molecule has 0 saturated carbocycles. The molecular weight excluding hydrogens is 232 g/mol. The molecule has 4 heteroatoms. The van der Waals surface area contributed by atoms with Crippen LogP contribution in [0, 0.1) is 0 Å². The molecule has 96 valence electrons. The van der Waals surface area contributed by atoms with Crippen LogP contribution < -0.4 is 9.47 Å². The summed E-state index contributed by atoms with van der Waals surface area (Å²) in [6, 6.07) is 11.7. The van der Waals surface area contributed by atoms with Crippen molar-refractivity contribution >= 4 is 10.8 Å². The van der Waals surface area contributed by atoms with Gasteiger partial charge in [0.2, 0.25) is 0 Å². The van der Waals surface area contributed by atoms with Gasteiger partial charge in [-0.05, 0) is 35.0 Å². The van der Waals surface area contributed by atoms with E-state index >= 15 is 0 Å². The number of ether oxygens (including phenoxy) is 4. The second-order valence-corrected chi connectivity index (χ2v) is 3.77. The molecule has 0 saturated heterocycles. The normalized spacial score (nSPS) is 10.6. The Morgan fingerprint density at radius 1 is 0.722 bits per heavy atom. The maximum atomic E-state index is 5.38. The van der Waals surface area contributed by atoms with Gasteiger partial charge in [0.1, 0.15) is 11.5 Å². The Morgan fingerprint density at radius 3 is 1.56 bits per heavy atom. The molecule has 2 rings (SSSR count). The largest absolute Gasteiger partial charge is 0.468 e. The maximum Gasteiger partial charge on any atom is 0.188 e. The SMILES string of the molecule is COCOc1ccc2cc(OCOC)ccc2c1. The van der Waals surface area contributed by atoms with Crippen LogP contribution in [0.25, 0.3) is 10.8 Å². The van der Waals surface area contributed by atoms with Gasteiger partial charge in [-0.1, -0.05) is 12.1 Å². The number of hydrogen-bond acceptors (Lipinski definition) is 4. The van der Waals surface area contributed by atoms with Crippen LogP contribution in [0.2, 0.25) is 0 Å². The van der Waals surface area contributed by atoms with Crippen LogP contribution in [-0.4, -0.2) is 27.8 Å². The van der Waals surface area contributed by atoms with Crippen molar-refractivity contribution in [2.75, 3.05) is 27.8 Å². The van der Waals surface area contributed by atoms with Crippen molar-refractivity contribution < 1.29 is 18.9 Å². The van der Waals surface area contributed by atoms with Gasteiger partial charge in [0.25, 0.3) is 0 Å². The van der Waals surface area contributed by atoms with E-state index in [9.17, 15) is 0 Å². The van der Waals surface area contributed by atoms with Gasteiger partial charge in [-0.2, -0.15) is 0 Å². The highest BCUT2D eigenvalue weighted by atomic mass is 16.7. The van der Waals surface area contributed by atoms with Crippen LogP contribution >= 0.6 is 0 Å². The Bertz CT molecular complexity index is 463. The summed E-state index contributed by atoms with van der Waals surface area (Å²) in [4.78, 5) is 0. The minimum atomic E-state index is 0.251. The molecule has 2 aromatic carbocycles. The molecule has 0 heterocycles. The van der Waals surface area contributed by atoms with E-state index in [0.717, 1.165) is 22.3 Å². The first-order chi connectivity index (χ1) is 8.83. The molecule has 0 radical (unpaired) electrons. The zero-order valence-corrected chi connectivity index (χ0v) is 10.5. The third-order valence-corrected chi connectivity index (χ3v) is 2.47. The summed E-state index contributed by atoms with van der Waals surface area (Å²) in [6.45, 7) is 0.501. The smallest absolute Gasteiger partial charge is 0.188 e. The fourth-order valence-corrected chi connectivity index (χ4v) is 1.64. The number of hydrogen-bond donors (Lipinski definition) is 0. The summed E-state index contributed by atoms with van der Waals surface area (Å²) >= 11 is 0. The fourth-order valence-electron chi connectivity index (χ4n) is 1.64. The Kier molecular flexibility index (Phi) is 4.39. The molecule has 0 N–H and O–H groups in total. The second-order valence-electron chi connectivity index (χ2n) is 3.77. The molecule has 2 aromatic rings. The summed E-state index contributed by atoms with van der Waals surface area (Å²) in [5, 5.41) is 2.18. The lowest BCUT2D eigenvalue weighted by Gasteiger charge is -2.08. The summed E-state index contributed by atoms with van der Waals surface area (Å²) in [5.74, 6) is 1.57. The summed E-state index contributed by atoms with van der Waals surface area (Å²) in [7, 11) is 3.20. The molecule has 0 unspecified atom stereocenters. The van der Waals surface area contributed by atoms with E-state index in [1.54, 1.807) is 14.2 Å². The zero-order chi connectivity index (χ0) is 12.8. The van der Waals surface area contributed by atoms with Crippen LogP contribution in [0.3, 0.4) is 0 Å². The van der Waals surface area contributed by atoms with Gasteiger partial charge in [0.15, 0.2) is 13.6 Å². The predicted molar refractivity (Wildman–Crippen MR) is 69.0 cm³/mol. The lowest BCUT2D eigenvalue weighted by atomic mass is 10.1. The Balaban J connectivity index is 2.19. The van der Waals surface area contributed by atoms with E-state index in [1.807, 2.05) is 36.4 Å². The molecule has 0 amide bonds. The van der Waals surface area contributed by atoms with Gasteiger partial charge in [-0.15, -0.1) is 0 Å². The minimum absolute atomic E-state index is 0.251. The Hall–Kier alpha value is -1.78. The number of benzene rings is 2. The van der Waals surface area contributed by atoms with Crippen LogP contribution in [0.15, 0.2) is 36.4 Å². The van der Waals surface area contributed by atoms with Gasteiger partial charge in [-0.3, -0.25) is 0 Å². The summed E-state index contributed by atoms with van der Waals surface area (Å²) < 4.78 is 20.5.